The predicted octanol–water partition coefficient (Wildman–Crippen LogP) is 5.72. The second-order valence-corrected chi connectivity index (χ2v) is 9.46. The molecule has 1 amide bonds. The number of furan rings is 1. The number of amides is 1. The second-order valence-electron chi connectivity index (χ2n) is 6.61. The van der Waals surface area contributed by atoms with E-state index in [1.54, 1.807) is 54.6 Å². The van der Waals surface area contributed by atoms with Gasteiger partial charge in [0.1, 0.15) is 17.3 Å². The molecule has 2 aromatic carbocycles. The van der Waals surface area contributed by atoms with Gasteiger partial charge < -0.3 is 14.6 Å². The van der Waals surface area contributed by atoms with E-state index in [1.807, 2.05) is 0 Å². The van der Waals surface area contributed by atoms with Gasteiger partial charge in [-0.05, 0) is 66.4 Å². The molecule has 0 unspecified atom stereocenters. The van der Waals surface area contributed by atoms with Gasteiger partial charge in [-0.3, -0.25) is 9.69 Å². The van der Waals surface area contributed by atoms with Crippen LogP contribution >= 0.6 is 43.6 Å². The molecule has 0 saturated carbocycles. The van der Waals surface area contributed by atoms with Crippen LogP contribution in [0.2, 0.25) is 0 Å². The Morgan fingerprint density at radius 1 is 1.03 bits per heavy atom. The number of phenolic OH excluding ortho intramolecular Hbond substituents is 2. The maximum atomic E-state index is 13.1. The first-order chi connectivity index (χ1) is 15.4. The number of carbonyl (C=O) groups is 1. The molecule has 10 heteroatoms. The van der Waals surface area contributed by atoms with Gasteiger partial charge in [0.15, 0.2) is 5.17 Å². The van der Waals surface area contributed by atoms with E-state index in [9.17, 15) is 15.0 Å². The number of carbonyl (C=O) groups excluding carboxylic acids is 1. The SMILES string of the molecule is O=C1/C(=C/c2cc(Br)ccc2O)S/C(=N/N=C\c2cc(Br)ccc2O)N1Cc1ccco1. The fourth-order valence-corrected chi connectivity index (χ4v) is 4.52. The molecule has 0 atom stereocenters. The highest BCUT2D eigenvalue weighted by Crippen LogP contribution is 2.35. The van der Waals surface area contributed by atoms with Gasteiger partial charge in [0, 0.05) is 20.1 Å². The number of aromatic hydroxyl groups is 2. The van der Waals surface area contributed by atoms with Gasteiger partial charge >= 0.3 is 0 Å². The Balaban J connectivity index is 1.66. The lowest BCUT2D eigenvalue weighted by atomic mass is 10.2. The number of amidine groups is 1. The van der Waals surface area contributed by atoms with E-state index in [2.05, 4.69) is 42.1 Å². The van der Waals surface area contributed by atoms with Crippen LogP contribution < -0.4 is 0 Å². The molecular formula is C22H15Br2N3O4S. The number of rotatable bonds is 5. The molecule has 4 rings (SSSR count). The van der Waals surface area contributed by atoms with Crippen LogP contribution in [-0.2, 0) is 11.3 Å². The largest absolute Gasteiger partial charge is 0.507 e. The van der Waals surface area contributed by atoms with Crippen molar-refractivity contribution in [2.75, 3.05) is 0 Å². The molecular weight excluding hydrogens is 562 g/mol. The monoisotopic (exact) mass is 575 g/mol. The van der Waals surface area contributed by atoms with Gasteiger partial charge in [-0.1, -0.05) is 31.9 Å². The van der Waals surface area contributed by atoms with E-state index >= 15 is 0 Å². The van der Waals surface area contributed by atoms with E-state index in [4.69, 9.17) is 4.42 Å². The van der Waals surface area contributed by atoms with Crippen LogP contribution in [0.1, 0.15) is 16.9 Å². The predicted molar refractivity (Wildman–Crippen MR) is 131 cm³/mol. The zero-order valence-corrected chi connectivity index (χ0v) is 20.3. The summed E-state index contributed by atoms with van der Waals surface area (Å²) in [5.74, 6) is 0.419. The zero-order chi connectivity index (χ0) is 22.7. The number of thioether (sulfide) groups is 1. The molecule has 2 heterocycles. The maximum Gasteiger partial charge on any atom is 0.267 e. The summed E-state index contributed by atoms with van der Waals surface area (Å²) in [6, 6.07) is 13.4. The lowest BCUT2D eigenvalue weighted by molar-refractivity contribution is -0.122. The normalized spacial score (nSPS) is 16.7. The Morgan fingerprint density at radius 2 is 1.72 bits per heavy atom. The summed E-state index contributed by atoms with van der Waals surface area (Å²) < 4.78 is 6.94. The minimum absolute atomic E-state index is 0.0558. The Bertz CT molecular complexity index is 1260. The van der Waals surface area contributed by atoms with E-state index in [0.29, 0.717) is 27.0 Å². The Labute approximate surface area is 204 Å². The van der Waals surface area contributed by atoms with Crippen LogP contribution in [0.5, 0.6) is 11.5 Å². The van der Waals surface area contributed by atoms with Crippen molar-refractivity contribution in [3.63, 3.8) is 0 Å². The molecule has 162 valence electrons. The van der Waals surface area contributed by atoms with Crippen LogP contribution in [0.4, 0.5) is 0 Å². The van der Waals surface area contributed by atoms with Crippen molar-refractivity contribution >= 4 is 67.0 Å². The summed E-state index contributed by atoms with van der Waals surface area (Å²) in [5, 5.41) is 28.7. The van der Waals surface area contributed by atoms with Gasteiger partial charge in [-0.2, -0.15) is 5.10 Å². The summed E-state index contributed by atoms with van der Waals surface area (Å²) in [7, 11) is 0. The molecule has 1 fully saturated rings. The lowest BCUT2D eigenvalue weighted by Gasteiger charge is -2.12. The van der Waals surface area contributed by atoms with Crippen LogP contribution in [0, 0.1) is 0 Å². The Morgan fingerprint density at radius 3 is 2.41 bits per heavy atom. The van der Waals surface area contributed by atoms with Crippen molar-refractivity contribution < 1.29 is 19.4 Å². The number of hydrogen-bond donors (Lipinski definition) is 2. The van der Waals surface area contributed by atoms with E-state index in [1.165, 1.54) is 17.4 Å². The number of hydrogen-bond acceptors (Lipinski definition) is 7. The molecule has 0 bridgehead atoms. The molecule has 1 aromatic heterocycles. The second kappa shape index (κ2) is 9.76. The molecule has 0 radical (unpaired) electrons. The minimum Gasteiger partial charge on any atom is -0.507 e. The quantitative estimate of drug-likeness (QED) is 0.230. The van der Waals surface area contributed by atoms with Gasteiger partial charge in [-0.15, -0.1) is 5.10 Å². The summed E-state index contributed by atoms with van der Waals surface area (Å²) in [6.45, 7) is 0.178. The van der Waals surface area contributed by atoms with Crippen molar-refractivity contribution in [3.8, 4) is 11.5 Å². The topological polar surface area (TPSA) is 98.6 Å². The maximum absolute atomic E-state index is 13.1. The standard InChI is InChI=1S/C22H15Br2N3O4S/c23-15-3-5-18(28)13(8-15)10-20-21(30)27(12-17-2-1-7-31-17)22(32-20)26-25-11-14-9-16(24)4-6-19(14)29/h1-11,28-29H,12H2/b20-10-,25-11-,26-22+. The van der Waals surface area contributed by atoms with Gasteiger partial charge in [0.05, 0.1) is 23.9 Å². The highest BCUT2D eigenvalue weighted by atomic mass is 79.9. The average Bonchev–Trinajstić information content (AvgIpc) is 3.37. The van der Waals surface area contributed by atoms with Crippen LogP contribution in [0.3, 0.4) is 0 Å². The summed E-state index contributed by atoms with van der Waals surface area (Å²) >= 11 is 7.85. The number of phenols is 2. The van der Waals surface area contributed by atoms with E-state index < -0.39 is 0 Å². The molecule has 3 aromatic rings. The van der Waals surface area contributed by atoms with Crippen molar-refractivity contribution in [2.45, 2.75) is 6.54 Å². The van der Waals surface area contributed by atoms with Gasteiger partial charge in [0.2, 0.25) is 0 Å². The van der Waals surface area contributed by atoms with Crippen molar-refractivity contribution in [1.29, 1.82) is 0 Å². The number of halogens is 2. The van der Waals surface area contributed by atoms with Gasteiger partial charge in [-0.25, -0.2) is 0 Å². The first kappa shape index (κ1) is 22.4. The first-order valence-corrected chi connectivity index (χ1v) is 11.6. The zero-order valence-electron chi connectivity index (χ0n) is 16.3. The smallest absolute Gasteiger partial charge is 0.267 e. The minimum atomic E-state index is -0.287. The third-order valence-corrected chi connectivity index (χ3v) is 6.37. The highest BCUT2D eigenvalue weighted by Gasteiger charge is 2.34. The molecule has 1 aliphatic rings. The summed E-state index contributed by atoms with van der Waals surface area (Å²) in [6.07, 6.45) is 4.55. The fourth-order valence-electron chi connectivity index (χ4n) is 2.83. The van der Waals surface area contributed by atoms with Crippen molar-refractivity contribution in [2.24, 2.45) is 10.2 Å². The van der Waals surface area contributed by atoms with Crippen molar-refractivity contribution in [3.05, 3.63) is 85.5 Å². The molecule has 1 aliphatic heterocycles. The molecule has 0 aliphatic carbocycles. The third-order valence-electron chi connectivity index (χ3n) is 4.39. The lowest BCUT2D eigenvalue weighted by Crippen LogP contribution is -2.28. The van der Waals surface area contributed by atoms with Crippen LogP contribution in [0.25, 0.3) is 6.08 Å². The summed E-state index contributed by atoms with van der Waals surface area (Å²) in [4.78, 5) is 14.9. The Kier molecular flexibility index (Phi) is 6.83. The van der Waals surface area contributed by atoms with Crippen LogP contribution in [0.15, 0.2) is 83.3 Å². The first-order valence-electron chi connectivity index (χ1n) is 9.22. The number of benzene rings is 2. The molecule has 1 saturated heterocycles. The molecule has 2 N–H and O–H groups in total. The fraction of sp³-hybridized carbons (Fsp3) is 0.0455. The average molecular weight is 577 g/mol. The Hall–Kier alpha value is -2.82. The van der Waals surface area contributed by atoms with Gasteiger partial charge in [0.25, 0.3) is 5.91 Å². The molecule has 7 nitrogen and oxygen atoms in total. The number of nitrogens with zero attached hydrogens (tertiary/aromatic N) is 3. The summed E-state index contributed by atoms with van der Waals surface area (Å²) in [5.41, 5.74) is 0.974. The van der Waals surface area contributed by atoms with Crippen molar-refractivity contribution in [1.82, 2.24) is 4.90 Å². The van der Waals surface area contributed by atoms with E-state index in [-0.39, 0.29) is 24.0 Å². The van der Waals surface area contributed by atoms with E-state index in [0.717, 1.165) is 20.7 Å². The third kappa shape index (κ3) is 5.14. The van der Waals surface area contributed by atoms with Crippen LogP contribution in [-0.4, -0.2) is 32.4 Å². The molecule has 0 spiro atoms. The highest BCUT2D eigenvalue weighted by molar-refractivity contribution is 9.10. The molecule has 32 heavy (non-hydrogen) atoms.